The quantitative estimate of drug-likeness (QED) is 0.650. The molecule has 0 spiro atoms. The molecule has 0 aliphatic heterocycles. The van der Waals surface area contributed by atoms with Gasteiger partial charge in [-0.15, -0.1) is 0 Å². The minimum atomic E-state index is -0.952. The maximum absolute atomic E-state index is 10.7. The van der Waals surface area contributed by atoms with E-state index in [-0.39, 0.29) is 24.4 Å². The summed E-state index contributed by atoms with van der Waals surface area (Å²) in [6, 6.07) is 3.14. The van der Waals surface area contributed by atoms with E-state index >= 15 is 0 Å². The van der Waals surface area contributed by atoms with E-state index in [2.05, 4.69) is 4.98 Å². The molecular weight excluding hydrogens is 163 g/mol. The third-order valence-corrected chi connectivity index (χ3v) is 1.44. The monoisotopic (exact) mass is 174 g/mol. The van der Waals surface area contributed by atoms with Crippen LogP contribution >= 0.6 is 0 Å². The molecule has 1 aromatic rings. The second-order valence-corrected chi connectivity index (χ2v) is 2.57. The zero-order chi connectivity index (χ0) is 9.14. The second kappa shape index (κ2) is 4.90. The zero-order valence-electron chi connectivity index (χ0n) is 6.98. The van der Waals surface area contributed by atoms with Gasteiger partial charge < -0.3 is 10.0 Å². The first-order valence-electron chi connectivity index (χ1n) is 3.48. The van der Waals surface area contributed by atoms with Gasteiger partial charge in [-0.1, -0.05) is 0 Å². The summed E-state index contributed by atoms with van der Waals surface area (Å²) in [5, 5.41) is 8.75. The van der Waals surface area contributed by atoms with Gasteiger partial charge in [0.05, 0.1) is 0 Å². The van der Waals surface area contributed by atoms with Crippen molar-refractivity contribution in [3.8, 4) is 0 Å². The molecule has 0 saturated heterocycles. The number of anilines is 1. The van der Waals surface area contributed by atoms with E-state index in [1.807, 2.05) is 0 Å². The minimum absolute atomic E-state index is 0. The van der Waals surface area contributed by atoms with Crippen molar-refractivity contribution in [3.63, 3.8) is 0 Å². The Morgan fingerprint density at radius 1 is 1.54 bits per heavy atom. The second-order valence-electron chi connectivity index (χ2n) is 2.57. The van der Waals surface area contributed by atoms with Crippen LogP contribution in [-0.2, 0) is 0 Å². The number of carboxylic acids is 1. The van der Waals surface area contributed by atoms with Gasteiger partial charge in [-0.05, 0) is 12.1 Å². The molecule has 0 amide bonds. The molecule has 0 bridgehead atoms. The molecule has 0 aliphatic carbocycles. The molecule has 0 radical (unpaired) electrons. The van der Waals surface area contributed by atoms with Crippen LogP contribution in [-0.4, -0.2) is 49.0 Å². The van der Waals surface area contributed by atoms with Crippen LogP contribution in [0.25, 0.3) is 0 Å². The Labute approximate surface area is 88.8 Å². The molecule has 0 saturated carbocycles. The molecule has 66 valence electrons. The van der Waals surface area contributed by atoms with E-state index in [9.17, 15) is 4.79 Å². The first-order chi connectivity index (χ1) is 5.63. The zero-order valence-corrected chi connectivity index (χ0v) is 6.98. The molecule has 0 unspecified atom stereocenters. The number of pyridine rings is 1. The number of carboxylic acid groups (broad SMARTS) is 1. The van der Waals surface area contributed by atoms with Gasteiger partial charge in [0.15, 0.2) is 0 Å². The number of aromatic carboxylic acids is 1. The number of carbonyl (C=O) groups is 1. The summed E-state index contributed by atoms with van der Waals surface area (Å²) in [4.78, 5) is 16.3. The Kier molecular flexibility index (Phi) is 4.53. The Morgan fingerprint density at radius 2 is 2.15 bits per heavy atom. The third-order valence-electron chi connectivity index (χ3n) is 1.44. The van der Waals surface area contributed by atoms with Gasteiger partial charge in [-0.3, -0.25) is 0 Å². The molecule has 1 heterocycles. The fourth-order valence-corrected chi connectivity index (χ4v) is 0.920. The molecule has 0 aromatic carbocycles. The topological polar surface area (TPSA) is 53.4 Å². The molecule has 1 N–H and O–H groups in total. The van der Waals surface area contributed by atoms with Gasteiger partial charge in [0.25, 0.3) is 0 Å². The third kappa shape index (κ3) is 2.76. The molecular formula is C8H11LiN2O2. The summed E-state index contributed by atoms with van der Waals surface area (Å²) in [5.74, 6) is -0.475. The fourth-order valence-electron chi connectivity index (χ4n) is 0.920. The molecule has 0 aliphatic rings. The van der Waals surface area contributed by atoms with Crippen LogP contribution in [0.3, 0.4) is 0 Å². The van der Waals surface area contributed by atoms with Gasteiger partial charge in [0.1, 0.15) is 11.4 Å². The van der Waals surface area contributed by atoms with Crippen molar-refractivity contribution in [1.29, 1.82) is 0 Å². The van der Waals surface area contributed by atoms with Gasteiger partial charge >= 0.3 is 24.8 Å². The molecule has 13 heavy (non-hydrogen) atoms. The number of rotatable bonds is 2. The summed E-state index contributed by atoms with van der Waals surface area (Å²) in [6.07, 6.45) is 1.57. The van der Waals surface area contributed by atoms with Crippen LogP contribution in [0.2, 0.25) is 0 Å². The van der Waals surface area contributed by atoms with E-state index in [4.69, 9.17) is 5.11 Å². The van der Waals surface area contributed by atoms with Crippen molar-refractivity contribution >= 4 is 30.6 Å². The summed E-state index contributed by atoms with van der Waals surface area (Å²) in [7, 11) is 3.52. The van der Waals surface area contributed by atoms with Crippen molar-refractivity contribution in [2.24, 2.45) is 0 Å². The van der Waals surface area contributed by atoms with E-state index in [0.29, 0.717) is 5.82 Å². The average Bonchev–Trinajstić information content (AvgIpc) is 2.04. The van der Waals surface area contributed by atoms with E-state index in [1.165, 1.54) is 6.07 Å². The summed E-state index contributed by atoms with van der Waals surface area (Å²) < 4.78 is 0. The number of hydrogen-bond acceptors (Lipinski definition) is 3. The Balaban J connectivity index is 0.00000144. The number of nitrogens with zero attached hydrogens (tertiary/aromatic N) is 2. The van der Waals surface area contributed by atoms with Crippen LogP contribution in [0, 0.1) is 0 Å². The molecule has 1 aromatic heterocycles. The van der Waals surface area contributed by atoms with Crippen LogP contribution < -0.4 is 4.90 Å². The summed E-state index contributed by atoms with van der Waals surface area (Å²) >= 11 is 0. The average molecular weight is 174 g/mol. The number of aromatic nitrogens is 1. The maximum atomic E-state index is 10.7. The van der Waals surface area contributed by atoms with Gasteiger partial charge in [-0.2, -0.15) is 0 Å². The van der Waals surface area contributed by atoms with E-state index in [1.54, 1.807) is 31.3 Å². The Hall–Kier alpha value is -0.983. The number of hydrogen-bond donors (Lipinski definition) is 1. The van der Waals surface area contributed by atoms with Crippen molar-refractivity contribution < 1.29 is 9.90 Å². The van der Waals surface area contributed by atoms with Gasteiger partial charge in [0.2, 0.25) is 0 Å². The van der Waals surface area contributed by atoms with Crippen molar-refractivity contribution in [2.45, 2.75) is 0 Å². The van der Waals surface area contributed by atoms with E-state index in [0.717, 1.165) is 0 Å². The molecule has 0 atom stereocenters. The fraction of sp³-hybridized carbons (Fsp3) is 0.250. The normalized spacial score (nSPS) is 8.77. The Bertz CT molecular complexity index is 302. The molecule has 5 heteroatoms. The van der Waals surface area contributed by atoms with Crippen molar-refractivity contribution in [1.82, 2.24) is 4.98 Å². The molecule has 4 nitrogen and oxygen atoms in total. The Morgan fingerprint density at radius 3 is 2.54 bits per heavy atom. The predicted octanol–water partition coefficient (Wildman–Crippen LogP) is 0.197. The van der Waals surface area contributed by atoms with Crippen molar-refractivity contribution in [2.75, 3.05) is 19.0 Å². The summed E-state index contributed by atoms with van der Waals surface area (Å²) in [5.41, 5.74) is 0.225. The van der Waals surface area contributed by atoms with Gasteiger partial charge in [-0.25, -0.2) is 9.78 Å². The van der Waals surface area contributed by atoms with Crippen LogP contribution in [0.4, 0.5) is 5.82 Å². The van der Waals surface area contributed by atoms with Gasteiger partial charge in [0, 0.05) is 20.3 Å². The first-order valence-corrected chi connectivity index (χ1v) is 3.48. The van der Waals surface area contributed by atoms with Crippen LogP contribution in [0.15, 0.2) is 18.3 Å². The van der Waals surface area contributed by atoms with Crippen molar-refractivity contribution in [3.05, 3.63) is 23.9 Å². The van der Waals surface area contributed by atoms with Crippen LogP contribution in [0.1, 0.15) is 10.4 Å². The standard InChI is InChI=1S/C8H10N2O2.Li.H/c1-10(2)7-6(8(11)12)4-3-5-9-7;;/h3-5H,1-2H3,(H,11,12);;. The first kappa shape index (κ1) is 12.0. The summed E-state index contributed by atoms with van der Waals surface area (Å²) in [6.45, 7) is 0. The SMILES string of the molecule is CN(C)c1ncccc1C(=O)O.[LiH]. The predicted molar refractivity (Wildman–Crippen MR) is 52.7 cm³/mol. The van der Waals surface area contributed by atoms with E-state index < -0.39 is 5.97 Å². The molecule has 1 rings (SSSR count). The molecule has 0 fully saturated rings. The van der Waals surface area contributed by atoms with Crippen LogP contribution in [0.5, 0.6) is 0 Å².